The summed E-state index contributed by atoms with van der Waals surface area (Å²) in [5.74, 6) is 0.364. The normalized spacial score (nSPS) is 10.1. The van der Waals surface area contributed by atoms with Crippen LogP contribution in [-0.2, 0) is 0 Å². The number of amides is 1. The van der Waals surface area contributed by atoms with E-state index in [0.29, 0.717) is 22.9 Å². The molecule has 0 radical (unpaired) electrons. The van der Waals surface area contributed by atoms with E-state index in [4.69, 9.17) is 28.6 Å². The molecule has 0 aromatic heterocycles. The summed E-state index contributed by atoms with van der Waals surface area (Å²) in [6.45, 7) is 4.52. The molecule has 2 rings (SSSR count). The van der Waals surface area contributed by atoms with E-state index >= 15 is 0 Å². The lowest BCUT2D eigenvalue weighted by Gasteiger charge is -2.13. The van der Waals surface area contributed by atoms with Crippen molar-refractivity contribution in [2.45, 2.75) is 20.3 Å². The van der Waals surface area contributed by atoms with Crippen molar-refractivity contribution in [3.05, 3.63) is 58.6 Å². The van der Waals surface area contributed by atoms with E-state index in [1.807, 2.05) is 32.0 Å². The summed E-state index contributed by atoms with van der Waals surface area (Å²) in [5.41, 5.74) is 2.11. The number of hydrogen-bond acceptors (Lipinski definition) is 3. The molecule has 2 aromatic rings. The summed E-state index contributed by atoms with van der Waals surface area (Å²) in [6, 6.07) is 12.5. The van der Waals surface area contributed by atoms with E-state index in [1.165, 1.54) is 0 Å². The van der Waals surface area contributed by atoms with Gasteiger partial charge in [-0.2, -0.15) is 0 Å². The third-order valence-corrected chi connectivity index (χ3v) is 3.93. The van der Waals surface area contributed by atoms with E-state index in [1.54, 1.807) is 24.3 Å². The van der Waals surface area contributed by atoms with Crippen LogP contribution in [0.3, 0.4) is 0 Å². The van der Waals surface area contributed by atoms with Gasteiger partial charge in [-0.1, -0.05) is 30.7 Å². The highest BCUT2D eigenvalue weighted by atomic mass is 35.5. The molecule has 0 aliphatic rings. The molecule has 2 N–H and O–H groups in total. The van der Waals surface area contributed by atoms with Crippen LogP contribution in [0.1, 0.15) is 29.3 Å². The zero-order valence-electron chi connectivity index (χ0n) is 13.6. The molecule has 4 nitrogen and oxygen atoms in total. The van der Waals surface area contributed by atoms with Crippen LogP contribution in [0, 0.1) is 6.92 Å². The highest BCUT2D eigenvalue weighted by Crippen LogP contribution is 2.22. The van der Waals surface area contributed by atoms with Crippen LogP contribution in [0.2, 0.25) is 5.02 Å². The summed E-state index contributed by atoms with van der Waals surface area (Å²) in [4.78, 5) is 12.3. The highest BCUT2D eigenvalue weighted by molar-refractivity contribution is 7.80. The van der Waals surface area contributed by atoms with Gasteiger partial charge in [0.15, 0.2) is 5.11 Å². The van der Waals surface area contributed by atoms with Gasteiger partial charge in [0, 0.05) is 16.3 Å². The molecule has 0 heterocycles. The van der Waals surface area contributed by atoms with E-state index in [-0.39, 0.29) is 11.0 Å². The van der Waals surface area contributed by atoms with E-state index < -0.39 is 0 Å². The first-order valence-electron chi connectivity index (χ1n) is 7.61. The Labute approximate surface area is 152 Å². The van der Waals surface area contributed by atoms with Crippen LogP contribution in [0.15, 0.2) is 42.5 Å². The van der Waals surface area contributed by atoms with Crippen molar-refractivity contribution in [2.75, 3.05) is 11.9 Å². The number of rotatable bonds is 5. The Morgan fingerprint density at radius 2 is 2.00 bits per heavy atom. The second-order valence-electron chi connectivity index (χ2n) is 5.20. The molecule has 126 valence electrons. The Kier molecular flexibility index (Phi) is 6.58. The fourth-order valence-corrected chi connectivity index (χ4v) is 2.40. The number of thiocarbonyl (C=S) groups is 1. The Balaban J connectivity index is 2.01. The molecule has 0 aliphatic carbocycles. The molecule has 0 bridgehead atoms. The van der Waals surface area contributed by atoms with Crippen molar-refractivity contribution in [2.24, 2.45) is 0 Å². The number of hydrogen-bond donors (Lipinski definition) is 2. The molecule has 0 fully saturated rings. The first-order chi connectivity index (χ1) is 11.5. The number of carbonyl (C=O) groups is 1. The van der Waals surface area contributed by atoms with Crippen molar-refractivity contribution in [3.63, 3.8) is 0 Å². The van der Waals surface area contributed by atoms with Gasteiger partial charge in [-0.05, 0) is 61.5 Å². The van der Waals surface area contributed by atoms with Crippen LogP contribution < -0.4 is 15.4 Å². The molecule has 2 aromatic carbocycles. The minimum absolute atomic E-state index is 0.213. The van der Waals surface area contributed by atoms with E-state index in [0.717, 1.165) is 17.7 Å². The number of carbonyl (C=O) groups excluding carboxylic acids is 1. The van der Waals surface area contributed by atoms with Gasteiger partial charge in [-0.15, -0.1) is 0 Å². The summed E-state index contributed by atoms with van der Waals surface area (Å²) in [7, 11) is 0. The minimum Gasteiger partial charge on any atom is -0.494 e. The molecule has 0 spiro atoms. The number of halogens is 1. The minimum atomic E-state index is -0.297. The average molecular weight is 363 g/mol. The zero-order chi connectivity index (χ0) is 17.5. The predicted octanol–water partition coefficient (Wildman–Crippen LogP) is 4.56. The van der Waals surface area contributed by atoms with Gasteiger partial charge in [0.05, 0.1) is 6.61 Å². The van der Waals surface area contributed by atoms with Gasteiger partial charge in [0.2, 0.25) is 0 Å². The van der Waals surface area contributed by atoms with Crippen LogP contribution >= 0.6 is 23.8 Å². The van der Waals surface area contributed by atoms with Gasteiger partial charge < -0.3 is 10.1 Å². The van der Waals surface area contributed by atoms with Crippen molar-refractivity contribution in [3.8, 4) is 5.75 Å². The fourth-order valence-electron chi connectivity index (χ4n) is 2.02. The molecule has 1 amide bonds. The summed E-state index contributed by atoms with van der Waals surface area (Å²) in [5, 5.41) is 6.49. The van der Waals surface area contributed by atoms with Crippen LogP contribution in [-0.4, -0.2) is 17.6 Å². The van der Waals surface area contributed by atoms with Gasteiger partial charge in [0.1, 0.15) is 5.75 Å². The third-order valence-electron chi connectivity index (χ3n) is 3.31. The number of ether oxygens (including phenoxy) is 1. The summed E-state index contributed by atoms with van der Waals surface area (Å²) >= 11 is 11.3. The van der Waals surface area contributed by atoms with Gasteiger partial charge >= 0.3 is 0 Å². The molecule has 0 saturated carbocycles. The van der Waals surface area contributed by atoms with Crippen molar-refractivity contribution >= 4 is 40.5 Å². The zero-order valence-corrected chi connectivity index (χ0v) is 15.1. The topological polar surface area (TPSA) is 50.4 Å². The largest absolute Gasteiger partial charge is 0.494 e. The van der Waals surface area contributed by atoms with Gasteiger partial charge in [0.25, 0.3) is 5.91 Å². The first kappa shape index (κ1) is 18.2. The van der Waals surface area contributed by atoms with Crippen molar-refractivity contribution < 1.29 is 9.53 Å². The molecule has 24 heavy (non-hydrogen) atoms. The Hall–Kier alpha value is -2.11. The third kappa shape index (κ3) is 4.94. The molecule has 6 heteroatoms. The molecular formula is C18H19ClN2O2S. The lowest BCUT2D eigenvalue weighted by Crippen LogP contribution is -2.34. The maximum Gasteiger partial charge on any atom is 0.257 e. The standard InChI is InChI=1S/C18H19ClN2O2S/c1-3-10-23-14-7-4-6-13(11-14)17(22)21-18(24)20-16-9-5-8-15(19)12(16)2/h4-9,11H,3,10H2,1-2H3,(H2,20,21,22,24). The molecular weight excluding hydrogens is 344 g/mol. The van der Waals surface area contributed by atoms with Gasteiger partial charge in [-0.3, -0.25) is 10.1 Å². The maximum absolute atomic E-state index is 12.3. The second kappa shape index (κ2) is 8.66. The summed E-state index contributed by atoms with van der Waals surface area (Å²) < 4.78 is 5.53. The van der Waals surface area contributed by atoms with Gasteiger partial charge in [-0.25, -0.2) is 0 Å². The smallest absolute Gasteiger partial charge is 0.257 e. The van der Waals surface area contributed by atoms with Crippen molar-refractivity contribution in [1.82, 2.24) is 5.32 Å². The predicted molar refractivity (Wildman–Crippen MR) is 102 cm³/mol. The lowest BCUT2D eigenvalue weighted by atomic mass is 10.2. The molecule has 0 aliphatic heterocycles. The lowest BCUT2D eigenvalue weighted by molar-refractivity contribution is 0.0977. The average Bonchev–Trinajstić information content (AvgIpc) is 2.57. The number of benzene rings is 2. The Bertz CT molecular complexity index is 750. The van der Waals surface area contributed by atoms with E-state index in [9.17, 15) is 4.79 Å². The van der Waals surface area contributed by atoms with Crippen LogP contribution in [0.4, 0.5) is 5.69 Å². The Morgan fingerprint density at radius 3 is 2.75 bits per heavy atom. The van der Waals surface area contributed by atoms with Crippen LogP contribution in [0.25, 0.3) is 0 Å². The highest BCUT2D eigenvalue weighted by Gasteiger charge is 2.10. The molecule has 0 saturated heterocycles. The van der Waals surface area contributed by atoms with E-state index in [2.05, 4.69) is 10.6 Å². The monoisotopic (exact) mass is 362 g/mol. The number of anilines is 1. The van der Waals surface area contributed by atoms with Crippen molar-refractivity contribution in [1.29, 1.82) is 0 Å². The SMILES string of the molecule is CCCOc1cccc(C(=O)NC(=S)Nc2cccc(Cl)c2C)c1. The quantitative estimate of drug-likeness (QED) is 0.765. The first-order valence-corrected chi connectivity index (χ1v) is 8.40. The maximum atomic E-state index is 12.3. The Morgan fingerprint density at radius 1 is 1.25 bits per heavy atom. The second-order valence-corrected chi connectivity index (χ2v) is 6.01. The number of nitrogens with one attached hydrogen (secondary N) is 2. The van der Waals surface area contributed by atoms with Crippen LogP contribution in [0.5, 0.6) is 5.75 Å². The summed E-state index contributed by atoms with van der Waals surface area (Å²) in [6.07, 6.45) is 0.906. The molecule has 0 atom stereocenters. The molecule has 0 unspecified atom stereocenters. The fraction of sp³-hybridized carbons (Fsp3) is 0.222.